The summed E-state index contributed by atoms with van der Waals surface area (Å²) in [6.07, 6.45) is 0. The predicted octanol–water partition coefficient (Wildman–Crippen LogP) is 4.94. The van der Waals surface area contributed by atoms with Crippen LogP contribution in [0.1, 0.15) is 24.2 Å². The summed E-state index contributed by atoms with van der Waals surface area (Å²) in [5.74, 6) is 1.26. The van der Waals surface area contributed by atoms with Gasteiger partial charge in [-0.2, -0.15) is 0 Å². The Morgan fingerprint density at radius 2 is 1.65 bits per heavy atom. The summed E-state index contributed by atoms with van der Waals surface area (Å²) in [6.45, 7) is 4.82. The van der Waals surface area contributed by atoms with Crippen molar-refractivity contribution in [3.05, 3.63) is 52.0 Å². The molecule has 2 rings (SSSR count). The highest BCUT2D eigenvalue weighted by Crippen LogP contribution is 2.35. The molecular weight excluding hydrogens is 354 g/mol. The van der Waals surface area contributed by atoms with Crippen LogP contribution >= 0.6 is 31.8 Å². The van der Waals surface area contributed by atoms with Gasteiger partial charge in [0, 0.05) is 5.30 Å². The highest BCUT2D eigenvalue weighted by atomic mass is 35.5. The van der Waals surface area contributed by atoms with Crippen molar-refractivity contribution in [3.63, 3.8) is 0 Å². The maximum Gasteiger partial charge on any atom is 0.188 e. The van der Waals surface area contributed by atoms with Crippen LogP contribution in [0.15, 0.2) is 36.4 Å². The first-order chi connectivity index (χ1) is 11.1. The summed E-state index contributed by atoms with van der Waals surface area (Å²) in [6, 6.07) is 10.7. The molecule has 0 saturated carbocycles. The standard InChI is InChI=1S/C17H17Cl2O3P/c1-3-21-11-9-12(18)16(13(19)10-11)17(20)23-15-8-6-5-7-14(15)22-4-2/h5-10,23H,3-4H2,1-2H3. The lowest BCUT2D eigenvalue weighted by Crippen LogP contribution is -2.07. The number of para-hydroxylation sites is 1. The number of benzene rings is 2. The minimum Gasteiger partial charge on any atom is -0.494 e. The van der Waals surface area contributed by atoms with Crippen LogP contribution in [-0.2, 0) is 0 Å². The van der Waals surface area contributed by atoms with E-state index in [1.165, 1.54) is 0 Å². The number of carbonyl (C=O) groups is 1. The van der Waals surface area contributed by atoms with Crippen LogP contribution in [0.2, 0.25) is 10.0 Å². The zero-order valence-corrected chi connectivity index (χ0v) is 15.4. The van der Waals surface area contributed by atoms with Crippen molar-refractivity contribution in [1.82, 2.24) is 0 Å². The topological polar surface area (TPSA) is 35.5 Å². The van der Waals surface area contributed by atoms with E-state index in [2.05, 4.69) is 0 Å². The molecule has 122 valence electrons. The van der Waals surface area contributed by atoms with Crippen molar-refractivity contribution in [2.45, 2.75) is 13.8 Å². The Kier molecular flexibility index (Phi) is 6.71. The second kappa shape index (κ2) is 8.54. The number of halogens is 2. The lowest BCUT2D eigenvalue weighted by molar-refractivity contribution is 0.108. The summed E-state index contributed by atoms with van der Waals surface area (Å²) in [7, 11) is -0.119. The van der Waals surface area contributed by atoms with Crippen LogP contribution in [0, 0.1) is 0 Å². The summed E-state index contributed by atoms with van der Waals surface area (Å²) >= 11 is 12.4. The van der Waals surface area contributed by atoms with Crippen LogP contribution in [-0.4, -0.2) is 18.7 Å². The predicted molar refractivity (Wildman–Crippen MR) is 97.5 cm³/mol. The van der Waals surface area contributed by atoms with Gasteiger partial charge in [0.05, 0.1) is 28.8 Å². The molecule has 2 aromatic carbocycles. The second-order valence-electron chi connectivity index (χ2n) is 4.58. The molecule has 0 N–H and O–H groups in total. The first-order valence-electron chi connectivity index (χ1n) is 7.21. The Bertz CT molecular complexity index is 681. The fraction of sp³-hybridized carbons (Fsp3) is 0.235. The largest absolute Gasteiger partial charge is 0.494 e. The molecule has 0 aliphatic carbocycles. The third-order valence-electron chi connectivity index (χ3n) is 2.99. The van der Waals surface area contributed by atoms with Crippen LogP contribution < -0.4 is 14.8 Å². The minimum absolute atomic E-state index is 0.119. The Balaban J connectivity index is 2.28. The summed E-state index contributed by atoms with van der Waals surface area (Å²) in [5, 5.41) is 1.43. The summed E-state index contributed by atoms with van der Waals surface area (Å²) in [5.41, 5.74) is 0.191. The van der Waals surface area contributed by atoms with Crippen molar-refractivity contribution >= 4 is 42.6 Å². The van der Waals surface area contributed by atoms with Crippen LogP contribution in [0.5, 0.6) is 11.5 Å². The summed E-state index contributed by atoms with van der Waals surface area (Å²) in [4.78, 5) is 12.6. The van der Waals surface area contributed by atoms with Crippen molar-refractivity contribution in [2.24, 2.45) is 0 Å². The van der Waals surface area contributed by atoms with E-state index in [0.717, 1.165) is 5.30 Å². The lowest BCUT2D eigenvalue weighted by atomic mass is 10.2. The van der Waals surface area contributed by atoms with Gasteiger partial charge in [0.15, 0.2) is 5.52 Å². The normalized spacial score (nSPS) is 11.0. The van der Waals surface area contributed by atoms with Gasteiger partial charge in [-0.05, 0) is 40.6 Å². The molecule has 6 heteroatoms. The van der Waals surface area contributed by atoms with Gasteiger partial charge in [0.1, 0.15) is 11.5 Å². The van der Waals surface area contributed by atoms with Crippen LogP contribution in [0.3, 0.4) is 0 Å². The fourth-order valence-corrected chi connectivity index (χ4v) is 3.95. The molecule has 1 unspecified atom stereocenters. The molecule has 0 bridgehead atoms. The SMILES string of the molecule is CCOc1cc(Cl)c(C(=O)Pc2ccccc2OCC)c(Cl)c1. The Labute approximate surface area is 147 Å². The molecule has 0 aromatic heterocycles. The molecule has 2 aromatic rings. The van der Waals surface area contributed by atoms with Gasteiger partial charge in [-0.15, -0.1) is 0 Å². The number of hydrogen-bond acceptors (Lipinski definition) is 3. The third kappa shape index (κ3) is 4.60. The van der Waals surface area contributed by atoms with E-state index >= 15 is 0 Å². The highest BCUT2D eigenvalue weighted by Gasteiger charge is 2.18. The molecule has 1 atom stereocenters. The average molecular weight is 371 g/mol. The van der Waals surface area contributed by atoms with Gasteiger partial charge in [-0.25, -0.2) is 0 Å². The smallest absolute Gasteiger partial charge is 0.188 e. The van der Waals surface area contributed by atoms with Crippen molar-refractivity contribution in [2.75, 3.05) is 13.2 Å². The number of hydrogen-bond donors (Lipinski definition) is 0. The molecule has 0 spiro atoms. The summed E-state index contributed by atoms with van der Waals surface area (Å²) < 4.78 is 10.9. The third-order valence-corrected chi connectivity index (χ3v) is 4.74. The van der Waals surface area contributed by atoms with E-state index in [4.69, 9.17) is 32.7 Å². The minimum atomic E-state index is -0.129. The van der Waals surface area contributed by atoms with Crippen LogP contribution in [0.25, 0.3) is 0 Å². The van der Waals surface area contributed by atoms with E-state index < -0.39 is 0 Å². The van der Waals surface area contributed by atoms with E-state index in [9.17, 15) is 4.79 Å². The first kappa shape index (κ1) is 18.1. The molecule has 0 amide bonds. The van der Waals surface area contributed by atoms with Gasteiger partial charge < -0.3 is 9.47 Å². The molecule has 0 saturated heterocycles. The van der Waals surface area contributed by atoms with E-state index in [1.807, 2.05) is 38.1 Å². The zero-order chi connectivity index (χ0) is 16.8. The maximum atomic E-state index is 12.6. The number of ether oxygens (including phenoxy) is 2. The lowest BCUT2D eigenvalue weighted by Gasteiger charge is -2.12. The molecule has 0 aliphatic rings. The van der Waals surface area contributed by atoms with Crippen molar-refractivity contribution in [3.8, 4) is 11.5 Å². The molecule has 3 nitrogen and oxygen atoms in total. The Morgan fingerprint density at radius 3 is 2.26 bits per heavy atom. The monoisotopic (exact) mass is 370 g/mol. The van der Waals surface area contributed by atoms with E-state index in [0.29, 0.717) is 40.3 Å². The molecule has 0 aliphatic heterocycles. The zero-order valence-electron chi connectivity index (χ0n) is 12.9. The maximum absolute atomic E-state index is 12.6. The number of rotatable bonds is 7. The Morgan fingerprint density at radius 1 is 1.04 bits per heavy atom. The fourth-order valence-electron chi connectivity index (χ4n) is 2.05. The van der Waals surface area contributed by atoms with Gasteiger partial charge >= 0.3 is 0 Å². The van der Waals surface area contributed by atoms with Crippen LogP contribution in [0.4, 0.5) is 0 Å². The highest BCUT2D eigenvalue weighted by molar-refractivity contribution is 7.66. The van der Waals surface area contributed by atoms with E-state index in [-0.39, 0.29) is 14.1 Å². The molecule has 0 heterocycles. The molecule has 0 fully saturated rings. The van der Waals surface area contributed by atoms with E-state index in [1.54, 1.807) is 12.1 Å². The second-order valence-corrected chi connectivity index (χ2v) is 6.64. The average Bonchev–Trinajstić information content (AvgIpc) is 2.49. The molecular formula is C17H17Cl2O3P. The number of carbonyl (C=O) groups excluding carboxylic acids is 1. The Hall–Kier alpha value is -1.28. The first-order valence-corrected chi connectivity index (χ1v) is 8.97. The molecule has 23 heavy (non-hydrogen) atoms. The van der Waals surface area contributed by atoms with Gasteiger partial charge in [-0.1, -0.05) is 41.4 Å². The van der Waals surface area contributed by atoms with Gasteiger partial charge in [0.2, 0.25) is 0 Å². The van der Waals surface area contributed by atoms with Gasteiger partial charge in [-0.3, -0.25) is 4.79 Å². The quantitative estimate of drug-likeness (QED) is 0.647. The van der Waals surface area contributed by atoms with Crippen molar-refractivity contribution in [1.29, 1.82) is 0 Å². The van der Waals surface area contributed by atoms with Gasteiger partial charge in [0.25, 0.3) is 0 Å². The van der Waals surface area contributed by atoms with Crippen molar-refractivity contribution < 1.29 is 14.3 Å². The molecule has 0 radical (unpaired) electrons.